The van der Waals surface area contributed by atoms with Gasteiger partial charge in [-0.3, -0.25) is 4.79 Å². The molecular formula is C18H16FN3O4. The Bertz CT molecular complexity index is 978. The van der Waals surface area contributed by atoms with Crippen LogP contribution in [0, 0.1) is 12.7 Å². The van der Waals surface area contributed by atoms with Gasteiger partial charge in [0, 0.05) is 28.8 Å². The van der Waals surface area contributed by atoms with Crippen molar-refractivity contribution in [2.24, 2.45) is 0 Å². The first-order valence-electron chi connectivity index (χ1n) is 7.68. The van der Waals surface area contributed by atoms with Crippen LogP contribution >= 0.6 is 0 Å². The van der Waals surface area contributed by atoms with E-state index >= 15 is 0 Å². The van der Waals surface area contributed by atoms with Crippen molar-refractivity contribution < 1.29 is 23.8 Å². The molecule has 0 spiro atoms. The Balaban J connectivity index is 2.08. The van der Waals surface area contributed by atoms with Crippen LogP contribution in [0.5, 0.6) is 17.2 Å². The average molecular weight is 357 g/mol. The molecule has 134 valence electrons. The standard InChI is InChI=1S/C18H16FN3O4/c1-10-13(5-11(19)6-15(10)24)22-18-12-7-16(25-2)17(26-4-3-23)8-14(12)20-9-21-18/h3,5-9,24H,4H2,1-2H3,(H,20,21,22). The van der Waals surface area contributed by atoms with Crippen molar-refractivity contribution in [1.29, 1.82) is 0 Å². The molecule has 1 aromatic heterocycles. The topological polar surface area (TPSA) is 93.6 Å². The molecule has 3 aromatic rings. The number of rotatable bonds is 6. The van der Waals surface area contributed by atoms with Gasteiger partial charge in [-0.1, -0.05) is 0 Å². The second kappa shape index (κ2) is 7.22. The number of anilines is 2. The number of methoxy groups -OCH3 is 1. The highest BCUT2D eigenvalue weighted by Gasteiger charge is 2.13. The van der Waals surface area contributed by atoms with Gasteiger partial charge in [-0.15, -0.1) is 0 Å². The molecular weight excluding hydrogens is 341 g/mol. The third-order valence-corrected chi connectivity index (χ3v) is 3.83. The highest BCUT2D eigenvalue weighted by atomic mass is 19.1. The van der Waals surface area contributed by atoms with Crippen molar-refractivity contribution >= 4 is 28.7 Å². The molecule has 0 aliphatic carbocycles. The third kappa shape index (κ3) is 3.34. The van der Waals surface area contributed by atoms with Crippen LogP contribution in [0.2, 0.25) is 0 Å². The van der Waals surface area contributed by atoms with Crippen LogP contribution in [-0.4, -0.2) is 35.1 Å². The number of phenols is 1. The number of hydrogen-bond donors (Lipinski definition) is 2. The lowest BCUT2D eigenvalue weighted by atomic mass is 10.1. The quantitative estimate of drug-likeness (QED) is 0.655. The summed E-state index contributed by atoms with van der Waals surface area (Å²) in [7, 11) is 1.47. The zero-order chi connectivity index (χ0) is 18.7. The molecule has 0 saturated carbocycles. The van der Waals surface area contributed by atoms with Gasteiger partial charge < -0.3 is 19.9 Å². The summed E-state index contributed by atoms with van der Waals surface area (Å²) in [5, 5.41) is 13.4. The lowest BCUT2D eigenvalue weighted by Gasteiger charge is -2.14. The highest BCUT2D eigenvalue weighted by Crippen LogP contribution is 2.36. The van der Waals surface area contributed by atoms with Gasteiger partial charge in [0.2, 0.25) is 0 Å². The van der Waals surface area contributed by atoms with E-state index in [1.807, 2.05) is 0 Å². The molecule has 0 aliphatic heterocycles. The van der Waals surface area contributed by atoms with Gasteiger partial charge in [-0.05, 0) is 19.1 Å². The number of carbonyl (C=O) groups excluding carboxylic acids is 1. The number of nitrogens with one attached hydrogen (secondary N) is 1. The Kier molecular flexibility index (Phi) is 4.83. The van der Waals surface area contributed by atoms with Crippen molar-refractivity contribution in [3.8, 4) is 17.2 Å². The van der Waals surface area contributed by atoms with Crippen LogP contribution in [-0.2, 0) is 4.79 Å². The summed E-state index contributed by atoms with van der Waals surface area (Å²) in [5.41, 5.74) is 1.40. The third-order valence-electron chi connectivity index (χ3n) is 3.83. The van der Waals surface area contributed by atoms with Crippen molar-refractivity contribution in [3.05, 3.63) is 42.0 Å². The van der Waals surface area contributed by atoms with Gasteiger partial charge in [0.05, 0.1) is 12.6 Å². The number of aldehydes is 1. The second-order valence-electron chi connectivity index (χ2n) is 5.44. The monoisotopic (exact) mass is 357 g/mol. The van der Waals surface area contributed by atoms with E-state index in [1.54, 1.807) is 19.1 Å². The predicted molar refractivity (Wildman–Crippen MR) is 93.7 cm³/mol. The summed E-state index contributed by atoms with van der Waals surface area (Å²) in [6, 6.07) is 5.59. The molecule has 0 saturated heterocycles. The number of aromatic hydroxyl groups is 1. The zero-order valence-corrected chi connectivity index (χ0v) is 14.1. The molecule has 2 aromatic carbocycles. The van der Waals surface area contributed by atoms with Gasteiger partial charge >= 0.3 is 0 Å². The van der Waals surface area contributed by atoms with Crippen LogP contribution in [0.4, 0.5) is 15.9 Å². The summed E-state index contributed by atoms with van der Waals surface area (Å²) in [6.07, 6.45) is 1.98. The minimum Gasteiger partial charge on any atom is -0.507 e. The van der Waals surface area contributed by atoms with Crippen molar-refractivity contribution in [2.45, 2.75) is 6.92 Å². The van der Waals surface area contributed by atoms with Gasteiger partial charge in [0.1, 0.15) is 30.3 Å². The second-order valence-corrected chi connectivity index (χ2v) is 5.44. The first-order valence-corrected chi connectivity index (χ1v) is 7.68. The smallest absolute Gasteiger partial charge is 0.164 e. The van der Waals surface area contributed by atoms with E-state index < -0.39 is 5.82 Å². The number of benzene rings is 2. The Hall–Kier alpha value is -3.42. The summed E-state index contributed by atoms with van der Waals surface area (Å²) in [6.45, 7) is 1.55. The van der Waals surface area contributed by atoms with E-state index in [-0.39, 0.29) is 12.4 Å². The lowest BCUT2D eigenvalue weighted by molar-refractivity contribution is -0.109. The summed E-state index contributed by atoms with van der Waals surface area (Å²) in [5.74, 6) is 0.444. The predicted octanol–water partition coefficient (Wildman–Crippen LogP) is 3.11. The molecule has 0 atom stereocenters. The van der Waals surface area contributed by atoms with E-state index in [2.05, 4.69) is 15.3 Å². The fourth-order valence-corrected chi connectivity index (χ4v) is 2.48. The summed E-state index contributed by atoms with van der Waals surface area (Å²) >= 11 is 0. The van der Waals surface area contributed by atoms with Crippen molar-refractivity contribution in [1.82, 2.24) is 9.97 Å². The first-order chi connectivity index (χ1) is 12.5. The molecule has 0 radical (unpaired) electrons. The lowest BCUT2D eigenvalue weighted by Crippen LogP contribution is -2.02. The van der Waals surface area contributed by atoms with Gasteiger partial charge in [0.25, 0.3) is 0 Å². The number of ether oxygens (including phenoxy) is 2. The molecule has 0 aliphatic rings. The maximum atomic E-state index is 13.6. The molecule has 7 nitrogen and oxygen atoms in total. The molecule has 0 bridgehead atoms. The van der Waals surface area contributed by atoms with Gasteiger partial charge in [-0.25, -0.2) is 14.4 Å². The summed E-state index contributed by atoms with van der Waals surface area (Å²) < 4.78 is 24.2. The van der Waals surface area contributed by atoms with Crippen molar-refractivity contribution in [3.63, 3.8) is 0 Å². The fraction of sp³-hybridized carbons (Fsp3) is 0.167. The highest BCUT2D eigenvalue weighted by molar-refractivity contribution is 5.93. The number of phenolic OH excluding ortho intramolecular Hbond substituents is 1. The van der Waals surface area contributed by atoms with E-state index in [0.29, 0.717) is 45.8 Å². The number of aromatic nitrogens is 2. The van der Waals surface area contributed by atoms with Crippen LogP contribution < -0.4 is 14.8 Å². The normalized spacial score (nSPS) is 10.6. The molecule has 0 unspecified atom stereocenters. The largest absolute Gasteiger partial charge is 0.507 e. The molecule has 0 fully saturated rings. The van der Waals surface area contributed by atoms with Crippen LogP contribution in [0.1, 0.15) is 5.56 Å². The fourth-order valence-electron chi connectivity index (χ4n) is 2.48. The van der Waals surface area contributed by atoms with E-state index in [4.69, 9.17) is 9.47 Å². The van der Waals surface area contributed by atoms with Gasteiger partial charge in [0.15, 0.2) is 17.8 Å². The number of nitrogens with zero attached hydrogens (tertiary/aromatic N) is 2. The maximum absolute atomic E-state index is 13.6. The number of carbonyl (C=O) groups is 1. The van der Waals surface area contributed by atoms with Crippen LogP contribution in [0.3, 0.4) is 0 Å². The van der Waals surface area contributed by atoms with Gasteiger partial charge in [-0.2, -0.15) is 0 Å². The SMILES string of the molecule is COc1cc2c(Nc3cc(F)cc(O)c3C)ncnc2cc1OCC=O. The molecule has 8 heteroatoms. The summed E-state index contributed by atoms with van der Waals surface area (Å²) in [4.78, 5) is 18.9. The maximum Gasteiger partial charge on any atom is 0.164 e. The van der Waals surface area contributed by atoms with Crippen molar-refractivity contribution in [2.75, 3.05) is 19.0 Å². The number of halogens is 1. The molecule has 2 N–H and O–H groups in total. The van der Waals surface area contributed by atoms with E-state index in [1.165, 1.54) is 19.5 Å². The number of hydrogen-bond acceptors (Lipinski definition) is 7. The molecule has 1 heterocycles. The molecule has 3 rings (SSSR count). The molecule has 0 amide bonds. The van der Waals surface area contributed by atoms with Crippen LogP contribution in [0.25, 0.3) is 10.9 Å². The first kappa shape index (κ1) is 17.4. The minimum atomic E-state index is -0.573. The zero-order valence-electron chi connectivity index (χ0n) is 14.1. The molecule has 26 heavy (non-hydrogen) atoms. The number of fused-ring (bicyclic) bond motifs is 1. The Morgan fingerprint density at radius 2 is 2.04 bits per heavy atom. The van der Waals surface area contributed by atoms with E-state index in [0.717, 1.165) is 6.07 Å². The van der Waals surface area contributed by atoms with E-state index in [9.17, 15) is 14.3 Å². The Labute approximate surface area is 148 Å². The minimum absolute atomic E-state index is 0.111. The Morgan fingerprint density at radius 1 is 1.23 bits per heavy atom. The average Bonchev–Trinajstić information content (AvgIpc) is 2.63. The Morgan fingerprint density at radius 3 is 2.77 bits per heavy atom. The van der Waals surface area contributed by atoms with Crippen LogP contribution in [0.15, 0.2) is 30.6 Å².